The summed E-state index contributed by atoms with van der Waals surface area (Å²) in [6.45, 7) is 4.73. The van der Waals surface area contributed by atoms with Crippen molar-refractivity contribution in [3.63, 3.8) is 0 Å². The molecule has 0 aliphatic heterocycles. The van der Waals surface area contributed by atoms with Gasteiger partial charge in [0.1, 0.15) is 5.78 Å². The van der Waals surface area contributed by atoms with Crippen molar-refractivity contribution in [2.45, 2.75) is 78.1 Å². The lowest BCUT2D eigenvalue weighted by molar-refractivity contribution is -0.135. The fourth-order valence-electron chi connectivity index (χ4n) is 7.98. The quantitative estimate of drug-likeness (QED) is 0.587. The third kappa shape index (κ3) is 3.13. The molecule has 0 saturated heterocycles. The second-order valence-corrected chi connectivity index (χ2v) is 11.1. The third-order valence-corrected chi connectivity index (χ3v) is 9.73. The van der Waals surface area contributed by atoms with Gasteiger partial charge in [0.2, 0.25) is 0 Å². The Balaban J connectivity index is 1.43. The largest absolute Gasteiger partial charge is 0.299 e. The Morgan fingerprint density at radius 2 is 1.70 bits per heavy atom. The molecule has 0 N–H and O–H groups in total. The average Bonchev–Trinajstić information content (AvgIpc) is 3.04. The third-order valence-electron chi connectivity index (χ3n) is 9.73. The lowest BCUT2D eigenvalue weighted by Crippen LogP contribution is -2.53. The summed E-state index contributed by atoms with van der Waals surface area (Å²) in [6.07, 6.45) is 12.5. The van der Waals surface area contributed by atoms with Crippen LogP contribution in [0.15, 0.2) is 42.0 Å². The number of aryl methyl sites for hydroxylation is 1. The van der Waals surface area contributed by atoms with Crippen LogP contribution >= 0.6 is 0 Å². The Kier molecular flexibility index (Phi) is 5.03. The van der Waals surface area contributed by atoms with Crippen LogP contribution in [-0.4, -0.2) is 11.6 Å². The zero-order chi connectivity index (χ0) is 20.9. The lowest BCUT2D eigenvalue weighted by Gasteiger charge is -2.59. The molecule has 160 valence electrons. The first-order valence-electron chi connectivity index (χ1n) is 12.2. The Morgan fingerprint density at radius 3 is 2.50 bits per heavy atom. The van der Waals surface area contributed by atoms with Crippen LogP contribution in [0.3, 0.4) is 0 Å². The van der Waals surface area contributed by atoms with Crippen molar-refractivity contribution in [3.05, 3.63) is 47.5 Å². The van der Waals surface area contributed by atoms with Crippen molar-refractivity contribution in [1.82, 2.24) is 0 Å². The number of ketones is 2. The minimum atomic E-state index is -0.0824. The molecule has 6 atom stereocenters. The molecule has 0 spiro atoms. The number of Topliss-reactive ketones (excluding diaryl/α,β-unsaturated/α-hetero) is 1. The van der Waals surface area contributed by atoms with Crippen LogP contribution in [0.1, 0.15) is 77.2 Å². The molecule has 3 fully saturated rings. The van der Waals surface area contributed by atoms with Crippen molar-refractivity contribution in [2.24, 2.45) is 34.5 Å². The highest BCUT2D eigenvalue weighted by Gasteiger charge is 2.61. The highest BCUT2D eigenvalue weighted by molar-refractivity contribution is 5.91. The fourth-order valence-corrected chi connectivity index (χ4v) is 7.98. The highest BCUT2D eigenvalue weighted by atomic mass is 16.1. The molecule has 0 heterocycles. The summed E-state index contributed by atoms with van der Waals surface area (Å²) in [5.74, 6) is 3.35. The molecule has 0 aromatic heterocycles. The van der Waals surface area contributed by atoms with Crippen LogP contribution in [0, 0.1) is 34.5 Å². The number of carbonyl (C=O) groups is 2. The molecular weight excluding hydrogens is 368 g/mol. The van der Waals surface area contributed by atoms with E-state index in [1.807, 2.05) is 6.08 Å². The standard InChI is InChI=1S/C28H36O2/c1-27-15-13-22(29)18-21(27)17-20(10-6-9-19-7-4-3-5-8-19)26-23-11-12-25(30)28(23,2)16-14-24(26)27/h3-5,7-8,18,20,23-24,26H,6,9-17H2,1-2H3/t20?,23?,24?,26?,27-,28-/m0/s1. The van der Waals surface area contributed by atoms with Crippen LogP contribution in [0.25, 0.3) is 0 Å². The molecule has 3 saturated carbocycles. The van der Waals surface area contributed by atoms with E-state index in [2.05, 4.69) is 44.2 Å². The van der Waals surface area contributed by atoms with Gasteiger partial charge in [0.15, 0.2) is 5.78 Å². The highest BCUT2D eigenvalue weighted by Crippen LogP contribution is 2.66. The van der Waals surface area contributed by atoms with Gasteiger partial charge >= 0.3 is 0 Å². The Bertz CT molecular complexity index is 868. The van der Waals surface area contributed by atoms with Crippen LogP contribution in [-0.2, 0) is 16.0 Å². The van der Waals surface area contributed by atoms with Gasteiger partial charge in [-0.05, 0) is 92.1 Å². The van der Waals surface area contributed by atoms with Gasteiger partial charge in [-0.15, -0.1) is 0 Å². The van der Waals surface area contributed by atoms with E-state index in [0.29, 0.717) is 41.7 Å². The van der Waals surface area contributed by atoms with Crippen LogP contribution in [0.5, 0.6) is 0 Å². The Hall–Kier alpha value is -1.70. The molecule has 1 aromatic rings. The molecule has 4 unspecified atom stereocenters. The summed E-state index contributed by atoms with van der Waals surface area (Å²) in [5, 5.41) is 0. The summed E-state index contributed by atoms with van der Waals surface area (Å²) in [6, 6.07) is 10.8. The van der Waals surface area contributed by atoms with E-state index >= 15 is 0 Å². The number of hydrogen-bond acceptors (Lipinski definition) is 2. The molecule has 0 amide bonds. The molecule has 2 heteroatoms. The minimum absolute atomic E-state index is 0.0824. The SMILES string of the molecule is C[C@]12CCC(=O)C=C1CC(CCCc1ccccc1)C1C2CC[C@]2(C)C(=O)CCC12. The maximum absolute atomic E-state index is 12.9. The van der Waals surface area contributed by atoms with Crippen molar-refractivity contribution in [3.8, 4) is 0 Å². The monoisotopic (exact) mass is 404 g/mol. The predicted octanol–water partition coefficient (Wildman–Crippen LogP) is 6.34. The van der Waals surface area contributed by atoms with E-state index in [0.717, 1.165) is 38.5 Å². The topological polar surface area (TPSA) is 34.1 Å². The number of carbonyl (C=O) groups excluding carboxylic acids is 2. The van der Waals surface area contributed by atoms with Gasteiger partial charge in [0.05, 0.1) is 0 Å². The van der Waals surface area contributed by atoms with Gasteiger partial charge in [0.25, 0.3) is 0 Å². The zero-order valence-corrected chi connectivity index (χ0v) is 18.7. The molecular formula is C28H36O2. The maximum Gasteiger partial charge on any atom is 0.155 e. The smallest absolute Gasteiger partial charge is 0.155 e. The Morgan fingerprint density at radius 1 is 0.933 bits per heavy atom. The second-order valence-electron chi connectivity index (χ2n) is 11.1. The first kappa shape index (κ1) is 20.2. The summed E-state index contributed by atoms with van der Waals surface area (Å²) < 4.78 is 0. The first-order chi connectivity index (χ1) is 14.4. The van der Waals surface area contributed by atoms with Crippen LogP contribution in [0.4, 0.5) is 0 Å². The van der Waals surface area contributed by atoms with E-state index in [1.54, 1.807) is 0 Å². The van der Waals surface area contributed by atoms with Crippen molar-refractivity contribution in [1.29, 1.82) is 0 Å². The first-order valence-corrected chi connectivity index (χ1v) is 12.2. The van der Waals surface area contributed by atoms with Crippen molar-refractivity contribution >= 4 is 11.6 Å². The minimum Gasteiger partial charge on any atom is -0.299 e. The normalized spacial score (nSPS) is 40.4. The molecule has 0 bridgehead atoms. The zero-order valence-electron chi connectivity index (χ0n) is 18.7. The number of allylic oxidation sites excluding steroid dienone is 1. The molecule has 5 rings (SSSR count). The summed E-state index contributed by atoms with van der Waals surface area (Å²) in [7, 11) is 0. The number of benzene rings is 1. The Labute approximate surface area is 181 Å². The van der Waals surface area contributed by atoms with Crippen LogP contribution in [0.2, 0.25) is 0 Å². The number of fused-ring (bicyclic) bond motifs is 5. The van der Waals surface area contributed by atoms with E-state index in [9.17, 15) is 9.59 Å². The van der Waals surface area contributed by atoms with Gasteiger partial charge in [0, 0.05) is 18.3 Å². The van der Waals surface area contributed by atoms with E-state index in [-0.39, 0.29) is 10.8 Å². The molecule has 0 radical (unpaired) electrons. The molecule has 1 aromatic carbocycles. The number of hydrogen-bond donors (Lipinski definition) is 0. The van der Waals surface area contributed by atoms with Gasteiger partial charge in [-0.25, -0.2) is 0 Å². The van der Waals surface area contributed by atoms with E-state index < -0.39 is 0 Å². The van der Waals surface area contributed by atoms with Crippen LogP contribution < -0.4 is 0 Å². The molecule has 4 aliphatic carbocycles. The summed E-state index contributed by atoms with van der Waals surface area (Å²) >= 11 is 0. The maximum atomic E-state index is 12.9. The fraction of sp³-hybridized carbons (Fsp3) is 0.643. The van der Waals surface area contributed by atoms with Gasteiger partial charge in [-0.2, -0.15) is 0 Å². The van der Waals surface area contributed by atoms with E-state index in [4.69, 9.17) is 0 Å². The van der Waals surface area contributed by atoms with Gasteiger partial charge < -0.3 is 0 Å². The van der Waals surface area contributed by atoms with Crippen molar-refractivity contribution in [2.75, 3.05) is 0 Å². The predicted molar refractivity (Wildman–Crippen MR) is 120 cm³/mol. The molecule has 2 nitrogen and oxygen atoms in total. The van der Waals surface area contributed by atoms with Gasteiger partial charge in [-0.1, -0.05) is 49.8 Å². The summed E-state index contributed by atoms with van der Waals surface area (Å²) in [5.41, 5.74) is 2.96. The second kappa shape index (κ2) is 7.46. The van der Waals surface area contributed by atoms with Gasteiger partial charge in [-0.3, -0.25) is 9.59 Å². The lowest BCUT2D eigenvalue weighted by atomic mass is 9.44. The van der Waals surface area contributed by atoms with E-state index in [1.165, 1.54) is 30.4 Å². The average molecular weight is 405 g/mol. The molecule has 4 aliphatic rings. The summed E-state index contributed by atoms with van der Waals surface area (Å²) in [4.78, 5) is 25.1. The number of rotatable bonds is 4. The van der Waals surface area contributed by atoms with Crippen molar-refractivity contribution < 1.29 is 9.59 Å². The molecule has 30 heavy (non-hydrogen) atoms.